The van der Waals surface area contributed by atoms with Gasteiger partial charge in [0.15, 0.2) is 9.84 Å². The maximum atomic E-state index is 13.0. The number of benzene rings is 2. The average Bonchev–Trinajstić information content (AvgIpc) is 2.76. The standard InChI is InChI=1S/C23H25ClN2O7S/c1-4-20(34(31,32)15-8-6-14(3)7-9-15)23(30)26-17-13-19(27)18(12-16(17)24)25-21(28)10-11-22(29)33-5-2/h6-13,20,27H,4-5H2,1-3H3,(H,25,28)(H,26,30)/b11-10+. The second kappa shape index (κ2) is 11.7. The number of anilines is 2. The molecule has 34 heavy (non-hydrogen) atoms. The first kappa shape index (κ1) is 26.9. The fourth-order valence-corrected chi connectivity index (χ4v) is 4.75. The number of aromatic hydroxyl groups is 1. The van der Waals surface area contributed by atoms with E-state index in [1.807, 2.05) is 6.92 Å². The number of hydrogen-bond donors (Lipinski definition) is 3. The Hall–Kier alpha value is -3.37. The minimum absolute atomic E-state index is 0.00653. The Labute approximate surface area is 202 Å². The molecule has 3 N–H and O–H groups in total. The molecule has 1 atom stereocenters. The smallest absolute Gasteiger partial charge is 0.330 e. The number of carbonyl (C=O) groups excluding carboxylic acids is 3. The summed E-state index contributed by atoms with van der Waals surface area (Å²) in [4.78, 5) is 36.0. The molecule has 0 heterocycles. The highest BCUT2D eigenvalue weighted by molar-refractivity contribution is 7.92. The van der Waals surface area contributed by atoms with Crippen molar-refractivity contribution >= 4 is 50.6 Å². The van der Waals surface area contributed by atoms with Crippen LogP contribution in [0.2, 0.25) is 5.02 Å². The monoisotopic (exact) mass is 508 g/mol. The predicted molar refractivity (Wildman–Crippen MR) is 129 cm³/mol. The highest BCUT2D eigenvalue weighted by Gasteiger charge is 2.33. The molecule has 1 unspecified atom stereocenters. The van der Waals surface area contributed by atoms with Gasteiger partial charge in [-0.3, -0.25) is 9.59 Å². The number of aryl methyl sites for hydroxylation is 1. The SMILES string of the molecule is CCOC(=O)/C=C/C(=O)Nc1cc(Cl)c(NC(=O)C(CC)S(=O)(=O)c2ccc(C)cc2)cc1O. The second-order valence-electron chi connectivity index (χ2n) is 7.17. The lowest BCUT2D eigenvalue weighted by molar-refractivity contribution is -0.137. The predicted octanol–water partition coefficient (Wildman–Crippen LogP) is 3.60. The van der Waals surface area contributed by atoms with Gasteiger partial charge in [0.05, 0.1) is 27.9 Å². The summed E-state index contributed by atoms with van der Waals surface area (Å²) in [5.74, 6) is -2.69. The third kappa shape index (κ3) is 6.82. The van der Waals surface area contributed by atoms with Crippen molar-refractivity contribution in [3.8, 4) is 5.75 Å². The third-order valence-corrected chi connectivity index (χ3v) is 7.18. The van der Waals surface area contributed by atoms with Crippen molar-refractivity contribution in [3.63, 3.8) is 0 Å². The molecular formula is C23H25ClN2O7S. The van der Waals surface area contributed by atoms with Crippen LogP contribution in [0.5, 0.6) is 5.75 Å². The zero-order valence-electron chi connectivity index (χ0n) is 18.8. The minimum Gasteiger partial charge on any atom is -0.506 e. The molecule has 0 saturated heterocycles. The second-order valence-corrected chi connectivity index (χ2v) is 9.71. The largest absolute Gasteiger partial charge is 0.506 e. The van der Waals surface area contributed by atoms with E-state index in [2.05, 4.69) is 15.4 Å². The van der Waals surface area contributed by atoms with E-state index in [4.69, 9.17) is 11.6 Å². The van der Waals surface area contributed by atoms with Crippen molar-refractivity contribution in [3.05, 3.63) is 59.1 Å². The summed E-state index contributed by atoms with van der Waals surface area (Å²) >= 11 is 6.18. The van der Waals surface area contributed by atoms with E-state index < -0.39 is 38.6 Å². The first-order valence-corrected chi connectivity index (χ1v) is 12.2. The van der Waals surface area contributed by atoms with Crippen LogP contribution < -0.4 is 10.6 Å². The molecule has 0 radical (unpaired) electrons. The molecule has 0 fully saturated rings. The lowest BCUT2D eigenvalue weighted by Gasteiger charge is -2.17. The number of ether oxygens (including phenoxy) is 1. The molecule has 0 aliphatic heterocycles. The fourth-order valence-electron chi connectivity index (χ4n) is 2.92. The number of hydrogen-bond acceptors (Lipinski definition) is 7. The van der Waals surface area contributed by atoms with Gasteiger partial charge in [-0.15, -0.1) is 0 Å². The minimum atomic E-state index is -3.97. The van der Waals surface area contributed by atoms with E-state index in [0.717, 1.165) is 23.8 Å². The van der Waals surface area contributed by atoms with Gasteiger partial charge in [0.1, 0.15) is 11.0 Å². The van der Waals surface area contributed by atoms with Gasteiger partial charge in [-0.1, -0.05) is 36.2 Å². The molecule has 2 amide bonds. The molecule has 0 aliphatic carbocycles. The first-order chi connectivity index (χ1) is 16.0. The van der Waals surface area contributed by atoms with E-state index in [9.17, 15) is 27.9 Å². The van der Waals surface area contributed by atoms with Gasteiger partial charge in [0, 0.05) is 18.2 Å². The van der Waals surface area contributed by atoms with Crippen molar-refractivity contribution < 1.29 is 32.6 Å². The fraction of sp³-hybridized carbons (Fsp3) is 0.261. The van der Waals surface area contributed by atoms with E-state index in [1.165, 1.54) is 18.2 Å². The normalized spacial score (nSPS) is 12.2. The van der Waals surface area contributed by atoms with Crippen molar-refractivity contribution in [2.45, 2.75) is 37.3 Å². The maximum Gasteiger partial charge on any atom is 0.330 e. The van der Waals surface area contributed by atoms with E-state index in [-0.39, 0.29) is 34.3 Å². The summed E-state index contributed by atoms with van der Waals surface area (Å²) in [6, 6.07) is 8.41. The van der Waals surface area contributed by atoms with Crippen LogP contribution in [-0.4, -0.2) is 43.2 Å². The highest BCUT2D eigenvalue weighted by Crippen LogP contribution is 2.34. The van der Waals surface area contributed by atoms with Crippen molar-refractivity contribution in [1.82, 2.24) is 0 Å². The Balaban J connectivity index is 2.19. The molecule has 11 heteroatoms. The van der Waals surface area contributed by atoms with E-state index >= 15 is 0 Å². The summed E-state index contributed by atoms with van der Waals surface area (Å²) in [5, 5.41) is 13.6. The van der Waals surface area contributed by atoms with Gasteiger partial charge in [-0.25, -0.2) is 13.2 Å². The molecule has 2 aromatic carbocycles. The molecule has 182 valence electrons. The van der Waals surface area contributed by atoms with Crippen molar-refractivity contribution in [2.75, 3.05) is 17.2 Å². The topological polar surface area (TPSA) is 139 Å². The van der Waals surface area contributed by atoms with Crippen molar-refractivity contribution in [1.29, 1.82) is 0 Å². The van der Waals surface area contributed by atoms with Gasteiger partial charge >= 0.3 is 5.97 Å². The number of nitrogens with one attached hydrogen (secondary N) is 2. The summed E-state index contributed by atoms with van der Waals surface area (Å²) in [5.41, 5.74) is 0.755. The number of phenolic OH excluding ortho intramolecular Hbond substituents is 1. The lowest BCUT2D eigenvalue weighted by Crippen LogP contribution is -2.34. The Morgan fingerprint density at radius 3 is 2.29 bits per heavy atom. The number of halogens is 1. The molecule has 2 aromatic rings. The van der Waals surface area contributed by atoms with Crippen LogP contribution in [0, 0.1) is 6.92 Å². The van der Waals surface area contributed by atoms with Crippen LogP contribution in [0.25, 0.3) is 0 Å². The van der Waals surface area contributed by atoms with Crippen LogP contribution in [0.15, 0.2) is 53.4 Å². The first-order valence-electron chi connectivity index (χ1n) is 10.3. The number of carbonyl (C=O) groups is 3. The van der Waals surface area contributed by atoms with Gasteiger partial charge in [0.2, 0.25) is 11.8 Å². The maximum absolute atomic E-state index is 13.0. The number of rotatable bonds is 9. The number of esters is 1. The van der Waals surface area contributed by atoms with Crippen molar-refractivity contribution in [2.24, 2.45) is 0 Å². The highest BCUT2D eigenvalue weighted by atomic mass is 35.5. The molecular weight excluding hydrogens is 484 g/mol. The number of phenols is 1. The van der Waals surface area contributed by atoms with E-state index in [1.54, 1.807) is 26.0 Å². The molecule has 9 nitrogen and oxygen atoms in total. The zero-order valence-corrected chi connectivity index (χ0v) is 20.4. The van der Waals surface area contributed by atoms with E-state index in [0.29, 0.717) is 0 Å². The van der Waals surface area contributed by atoms with Gasteiger partial charge < -0.3 is 20.5 Å². The van der Waals surface area contributed by atoms with Crippen LogP contribution in [-0.2, 0) is 29.0 Å². The van der Waals surface area contributed by atoms with Crippen LogP contribution in [0.4, 0.5) is 11.4 Å². The summed E-state index contributed by atoms with van der Waals surface area (Å²) in [6.07, 6.45) is 1.85. The Kier molecular flexibility index (Phi) is 9.22. The molecule has 0 bridgehead atoms. The van der Waals surface area contributed by atoms with Gasteiger partial charge in [-0.05, 0) is 38.5 Å². The summed E-state index contributed by atoms with van der Waals surface area (Å²) in [7, 11) is -3.97. The summed E-state index contributed by atoms with van der Waals surface area (Å²) in [6.45, 7) is 5.15. The molecule has 0 saturated carbocycles. The molecule has 0 spiro atoms. The zero-order chi connectivity index (χ0) is 25.5. The Morgan fingerprint density at radius 1 is 1.06 bits per heavy atom. The van der Waals surface area contributed by atoms with Gasteiger partial charge in [0.25, 0.3) is 0 Å². The molecule has 2 rings (SSSR count). The van der Waals surface area contributed by atoms with Gasteiger partial charge in [-0.2, -0.15) is 0 Å². The Morgan fingerprint density at radius 2 is 1.71 bits per heavy atom. The van der Waals surface area contributed by atoms with Crippen LogP contribution >= 0.6 is 11.6 Å². The summed E-state index contributed by atoms with van der Waals surface area (Å²) < 4.78 is 30.6. The van der Waals surface area contributed by atoms with Crippen LogP contribution in [0.1, 0.15) is 25.8 Å². The third-order valence-electron chi connectivity index (χ3n) is 4.65. The van der Waals surface area contributed by atoms with Crippen LogP contribution in [0.3, 0.4) is 0 Å². The average molecular weight is 509 g/mol. The lowest BCUT2D eigenvalue weighted by atomic mass is 10.2. The molecule has 0 aliphatic rings. The number of amides is 2. The quantitative estimate of drug-likeness (QED) is 0.267. The Bertz CT molecular complexity index is 1210. The number of sulfone groups is 1. The molecule has 0 aromatic heterocycles.